The van der Waals surface area contributed by atoms with Gasteiger partial charge >= 0.3 is 0 Å². The minimum Gasteiger partial charge on any atom is -0.495 e. The molecule has 1 aromatic rings. The number of nitrogens with one attached hydrogen (secondary N) is 1. The van der Waals surface area contributed by atoms with Crippen LogP contribution >= 0.6 is 0 Å². The largest absolute Gasteiger partial charge is 0.495 e. The maximum atomic E-state index is 11.6. The van der Waals surface area contributed by atoms with Crippen LogP contribution in [0.2, 0.25) is 0 Å². The van der Waals surface area contributed by atoms with Gasteiger partial charge in [0.05, 0.1) is 19.8 Å². The minimum absolute atomic E-state index is 0.0544. The first kappa shape index (κ1) is 13.3. The van der Waals surface area contributed by atoms with E-state index in [4.69, 9.17) is 9.47 Å². The zero-order chi connectivity index (χ0) is 13.2. The van der Waals surface area contributed by atoms with E-state index in [2.05, 4.69) is 5.32 Å². The molecule has 1 unspecified atom stereocenters. The van der Waals surface area contributed by atoms with Gasteiger partial charge in [0.15, 0.2) is 9.84 Å². The molecule has 1 heterocycles. The Balaban J connectivity index is 2.35. The van der Waals surface area contributed by atoms with Crippen LogP contribution in [0.25, 0.3) is 0 Å². The third-order valence-corrected chi connectivity index (χ3v) is 4.02. The fourth-order valence-electron chi connectivity index (χ4n) is 1.97. The van der Waals surface area contributed by atoms with Crippen molar-refractivity contribution >= 4 is 9.84 Å². The SMILES string of the molecule is COc1cc(C2CNCCO2)ccc1S(C)(=O)=O. The molecule has 0 amide bonds. The van der Waals surface area contributed by atoms with E-state index in [1.807, 2.05) is 0 Å². The fraction of sp³-hybridized carbons (Fsp3) is 0.500. The third-order valence-electron chi connectivity index (χ3n) is 2.89. The molecule has 0 bridgehead atoms. The lowest BCUT2D eigenvalue weighted by atomic mass is 10.1. The van der Waals surface area contributed by atoms with E-state index >= 15 is 0 Å². The Kier molecular flexibility index (Phi) is 3.89. The van der Waals surface area contributed by atoms with Gasteiger partial charge in [-0.1, -0.05) is 6.07 Å². The minimum atomic E-state index is -3.27. The molecule has 5 nitrogen and oxygen atoms in total. The van der Waals surface area contributed by atoms with Crippen LogP contribution in [0.15, 0.2) is 23.1 Å². The van der Waals surface area contributed by atoms with Crippen LogP contribution in [0.3, 0.4) is 0 Å². The Morgan fingerprint density at radius 1 is 1.44 bits per heavy atom. The second-order valence-corrected chi connectivity index (χ2v) is 6.23. The highest BCUT2D eigenvalue weighted by Gasteiger charge is 2.20. The summed E-state index contributed by atoms with van der Waals surface area (Å²) in [7, 11) is -1.81. The number of hydrogen-bond donors (Lipinski definition) is 1. The lowest BCUT2D eigenvalue weighted by Crippen LogP contribution is -2.33. The van der Waals surface area contributed by atoms with Crippen LogP contribution in [-0.4, -0.2) is 41.5 Å². The predicted molar refractivity (Wildman–Crippen MR) is 67.7 cm³/mol. The summed E-state index contributed by atoms with van der Waals surface area (Å²) in [6.07, 6.45) is 1.12. The van der Waals surface area contributed by atoms with Crippen molar-refractivity contribution in [2.45, 2.75) is 11.0 Å². The zero-order valence-electron chi connectivity index (χ0n) is 10.5. The number of ether oxygens (including phenoxy) is 2. The van der Waals surface area contributed by atoms with Crippen LogP contribution in [-0.2, 0) is 14.6 Å². The van der Waals surface area contributed by atoms with E-state index < -0.39 is 9.84 Å². The van der Waals surface area contributed by atoms with Crippen molar-refractivity contribution in [2.24, 2.45) is 0 Å². The highest BCUT2D eigenvalue weighted by atomic mass is 32.2. The summed E-state index contributed by atoms with van der Waals surface area (Å²) >= 11 is 0. The van der Waals surface area contributed by atoms with Crippen LogP contribution in [0.5, 0.6) is 5.75 Å². The molecule has 1 aliphatic heterocycles. The molecule has 6 heteroatoms. The summed E-state index contributed by atoms with van der Waals surface area (Å²) in [5, 5.41) is 3.23. The zero-order valence-corrected chi connectivity index (χ0v) is 11.3. The van der Waals surface area contributed by atoms with E-state index in [9.17, 15) is 8.42 Å². The molecule has 1 fully saturated rings. The Hall–Kier alpha value is -1.11. The molecule has 0 saturated carbocycles. The molecule has 0 spiro atoms. The number of morpholine rings is 1. The summed E-state index contributed by atoms with van der Waals surface area (Å²) in [6.45, 7) is 2.22. The Morgan fingerprint density at radius 2 is 2.22 bits per heavy atom. The lowest BCUT2D eigenvalue weighted by molar-refractivity contribution is 0.0275. The van der Waals surface area contributed by atoms with Crippen LogP contribution in [0, 0.1) is 0 Å². The molecule has 1 aromatic carbocycles. The summed E-state index contributed by atoms with van der Waals surface area (Å²) in [5.41, 5.74) is 0.923. The molecule has 1 N–H and O–H groups in total. The summed E-state index contributed by atoms with van der Waals surface area (Å²) in [6, 6.07) is 5.08. The fourth-order valence-corrected chi connectivity index (χ4v) is 2.79. The van der Waals surface area contributed by atoms with Gasteiger partial charge in [-0.05, 0) is 17.7 Å². The van der Waals surface area contributed by atoms with E-state index in [1.165, 1.54) is 13.4 Å². The van der Waals surface area contributed by atoms with Crippen LogP contribution < -0.4 is 10.1 Å². The first-order chi connectivity index (χ1) is 8.52. The van der Waals surface area contributed by atoms with Crippen molar-refractivity contribution in [1.29, 1.82) is 0 Å². The van der Waals surface area contributed by atoms with Crippen molar-refractivity contribution in [1.82, 2.24) is 5.32 Å². The second kappa shape index (κ2) is 5.26. The van der Waals surface area contributed by atoms with Crippen molar-refractivity contribution in [2.75, 3.05) is 33.1 Å². The van der Waals surface area contributed by atoms with Gasteiger partial charge in [-0.15, -0.1) is 0 Å². The molecule has 1 aliphatic rings. The number of hydrogen-bond acceptors (Lipinski definition) is 5. The number of rotatable bonds is 3. The van der Waals surface area contributed by atoms with Crippen molar-refractivity contribution in [3.63, 3.8) is 0 Å². The number of benzene rings is 1. The van der Waals surface area contributed by atoms with E-state index in [-0.39, 0.29) is 11.0 Å². The molecule has 0 radical (unpaired) electrons. The van der Waals surface area contributed by atoms with Crippen LogP contribution in [0.1, 0.15) is 11.7 Å². The standard InChI is InChI=1S/C12H17NO4S/c1-16-10-7-9(11-8-13-5-6-17-11)3-4-12(10)18(2,14)15/h3-4,7,11,13H,5-6,8H2,1-2H3. The van der Waals surface area contributed by atoms with Gasteiger partial charge < -0.3 is 14.8 Å². The normalized spacial score (nSPS) is 20.7. The van der Waals surface area contributed by atoms with Gasteiger partial charge in [-0.3, -0.25) is 0 Å². The molecule has 18 heavy (non-hydrogen) atoms. The van der Waals surface area contributed by atoms with Gasteiger partial charge in [0.2, 0.25) is 0 Å². The van der Waals surface area contributed by atoms with Crippen LogP contribution in [0.4, 0.5) is 0 Å². The average Bonchev–Trinajstić information content (AvgIpc) is 2.38. The van der Waals surface area contributed by atoms with Gasteiger partial charge in [0, 0.05) is 19.3 Å². The molecule has 2 rings (SSSR count). The molecule has 1 saturated heterocycles. The number of methoxy groups -OCH3 is 1. The van der Waals surface area contributed by atoms with E-state index in [0.717, 1.165) is 18.7 Å². The summed E-state index contributed by atoms with van der Waals surface area (Å²) in [4.78, 5) is 0.206. The molecule has 100 valence electrons. The Bertz CT molecular complexity index is 521. The Labute approximate surface area is 107 Å². The second-order valence-electron chi connectivity index (χ2n) is 4.25. The molecular weight excluding hydrogens is 254 g/mol. The Morgan fingerprint density at radius 3 is 2.78 bits per heavy atom. The van der Waals surface area contributed by atoms with Crippen molar-refractivity contribution in [3.05, 3.63) is 23.8 Å². The topological polar surface area (TPSA) is 64.6 Å². The summed E-state index contributed by atoms with van der Waals surface area (Å²) < 4.78 is 33.9. The monoisotopic (exact) mass is 271 g/mol. The van der Waals surface area contributed by atoms with Gasteiger partial charge in [0.1, 0.15) is 10.6 Å². The first-order valence-corrected chi connectivity index (χ1v) is 7.62. The molecular formula is C12H17NO4S. The van der Waals surface area contributed by atoms with Gasteiger partial charge in [-0.2, -0.15) is 0 Å². The lowest BCUT2D eigenvalue weighted by Gasteiger charge is -2.24. The van der Waals surface area contributed by atoms with E-state index in [0.29, 0.717) is 12.4 Å². The predicted octanol–water partition coefficient (Wildman–Crippen LogP) is 0.760. The highest BCUT2D eigenvalue weighted by molar-refractivity contribution is 7.90. The summed E-state index contributed by atoms with van der Waals surface area (Å²) in [5.74, 6) is 0.365. The average molecular weight is 271 g/mol. The first-order valence-electron chi connectivity index (χ1n) is 5.72. The van der Waals surface area contributed by atoms with Gasteiger partial charge in [-0.25, -0.2) is 8.42 Å². The molecule has 0 aromatic heterocycles. The molecule has 1 atom stereocenters. The van der Waals surface area contributed by atoms with E-state index in [1.54, 1.807) is 18.2 Å². The highest BCUT2D eigenvalue weighted by Crippen LogP contribution is 2.29. The smallest absolute Gasteiger partial charge is 0.179 e. The maximum absolute atomic E-state index is 11.6. The maximum Gasteiger partial charge on any atom is 0.179 e. The number of sulfone groups is 1. The van der Waals surface area contributed by atoms with Crippen molar-refractivity contribution in [3.8, 4) is 5.75 Å². The van der Waals surface area contributed by atoms with Gasteiger partial charge in [0.25, 0.3) is 0 Å². The quantitative estimate of drug-likeness (QED) is 0.879. The third kappa shape index (κ3) is 2.82. The molecule has 0 aliphatic carbocycles. The van der Waals surface area contributed by atoms with Crippen molar-refractivity contribution < 1.29 is 17.9 Å².